The molecule has 2 aromatic rings. The number of aromatic amines is 1. The molecule has 1 aliphatic heterocycles. The van der Waals surface area contributed by atoms with Crippen molar-refractivity contribution in [2.75, 3.05) is 13.1 Å². The summed E-state index contributed by atoms with van der Waals surface area (Å²) in [4.78, 5) is 14.1. The van der Waals surface area contributed by atoms with Crippen molar-refractivity contribution in [3.63, 3.8) is 0 Å². The van der Waals surface area contributed by atoms with Crippen molar-refractivity contribution in [1.29, 1.82) is 0 Å². The average Bonchev–Trinajstić information content (AvgIpc) is 3.21. The van der Waals surface area contributed by atoms with Crippen molar-refractivity contribution in [2.45, 2.75) is 25.8 Å². The van der Waals surface area contributed by atoms with E-state index >= 15 is 0 Å². The number of H-pyrrole nitrogens is 1. The van der Waals surface area contributed by atoms with Gasteiger partial charge in [0.05, 0.1) is 17.3 Å². The van der Waals surface area contributed by atoms with Crippen LogP contribution in [0.25, 0.3) is 11.3 Å². The monoisotopic (exact) mass is 345 g/mol. The number of carboxylic acid groups (broad SMARTS) is 1. The molecule has 0 bridgehead atoms. The van der Waals surface area contributed by atoms with Crippen LogP contribution in [0.4, 0.5) is 0 Å². The van der Waals surface area contributed by atoms with Gasteiger partial charge in [0.15, 0.2) is 0 Å². The summed E-state index contributed by atoms with van der Waals surface area (Å²) in [7, 11) is 0. The van der Waals surface area contributed by atoms with Crippen molar-refractivity contribution < 1.29 is 9.90 Å². The molecule has 2 aliphatic rings. The molecule has 2 N–H and O–H groups in total. The molecule has 2 heterocycles. The first-order valence-corrected chi connectivity index (χ1v) is 8.70. The smallest absolute Gasteiger partial charge is 0.311 e. The predicted molar refractivity (Wildman–Crippen MR) is 91.7 cm³/mol. The molecule has 5 nitrogen and oxygen atoms in total. The number of carboxylic acids is 1. The quantitative estimate of drug-likeness (QED) is 0.890. The Balaban J connectivity index is 1.56. The van der Waals surface area contributed by atoms with E-state index in [0.29, 0.717) is 18.1 Å². The Morgan fingerprint density at radius 1 is 1.50 bits per heavy atom. The normalized spacial score (nSPS) is 26.6. The van der Waals surface area contributed by atoms with Gasteiger partial charge < -0.3 is 5.11 Å². The predicted octanol–water partition coefficient (Wildman–Crippen LogP) is 3.42. The van der Waals surface area contributed by atoms with Gasteiger partial charge in [-0.2, -0.15) is 5.10 Å². The molecule has 6 heteroatoms. The number of carbonyl (C=O) groups is 1. The summed E-state index contributed by atoms with van der Waals surface area (Å²) in [6.07, 6.45) is 4.69. The summed E-state index contributed by atoms with van der Waals surface area (Å²) < 4.78 is 0. The molecule has 2 fully saturated rings. The fraction of sp³-hybridized carbons (Fsp3) is 0.444. The molecule has 1 aromatic heterocycles. The summed E-state index contributed by atoms with van der Waals surface area (Å²) in [5, 5.41) is 17.6. The minimum absolute atomic E-state index is 0.275. The van der Waals surface area contributed by atoms with Gasteiger partial charge in [-0.3, -0.25) is 14.8 Å². The van der Waals surface area contributed by atoms with Gasteiger partial charge in [0.2, 0.25) is 0 Å². The van der Waals surface area contributed by atoms with Gasteiger partial charge >= 0.3 is 5.97 Å². The molecule has 1 aliphatic carbocycles. The van der Waals surface area contributed by atoms with E-state index in [9.17, 15) is 9.90 Å². The first-order chi connectivity index (χ1) is 11.6. The summed E-state index contributed by atoms with van der Waals surface area (Å²) >= 11 is 6.09. The molecule has 0 spiro atoms. The Kier molecular flexibility index (Phi) is 3.85. The van der Waals surface area contributed by atoms with E-state index in [1.807, 2.05) is 30.5 Å². The SMILES string of the molecule is O=C(O)[C@@]12CCC[C@H]1CN(Cc1cn[nH]c1-c1cccc(Cl)c1)C2. The highest BCUT2D eigenvalue weighted by Crippen LogP contribution is 2.49. The van der Waals surface area contributed by atoms with Crippen LogP contribution in [0.5, 0.6) is 0 Å². The van der Waals surface area contributed by atoms with Gasteiger partial charge in [-0.1, -0.05) is 30.2 Å². The van der Waals surface area contributed by atoms with Crippen molar-refractivity contribution in [3.05, 3.63) is 41.0 Å². The number of aromatic nitrogens is 2. The average molecular weight is 346 g/mol. The highest BCUT2D eigenvalue weighted by molar-refractivity contribution is 6.30. The molecule has 126 valence electrons. The van der Waals surface area contributed by atoms with Crippen LogP contribution in [-0.2, 0) is 11.3 Å². The van der Waals surface area contributed by atoms with Crippen molar-refractivity contribution in [1.82, 2.24) is 15.1 Å². The van der Waals surface area contributed by atoms with Gasteiger partial charge in [0.25, 0.3) is 0 Å². The third-order valence-corrected chi connectivity index (χ3v) is 5.83. The van der Waals surface area contributed by atoms with E-state index in [-0.39, 0.29) is 5.92 Å². The van der Waals surface area contributed by atoms with E-state index < -0.39 is 11.4 Å². The maximum Gasteiger partial charge on any atom is 0.311 e. The lowest BCUT2D eigenvalue weighted by molar-refractivity contribution is -0.149. The number of benzene rings is 1. The van der Waals surface area contributed by atoms with Crippen LogP contribution >= 0.6 is 11.6 Å². The van der Waals surface area contributed by atoms with Crippen LogP contribution in [0.1, 0.15) is 24.8 Å². The third kappa shape index (κ3) is 2.52. The first-order valence-electron chi connectivity index (χ1n) is 8.32. The summed E-state index contributed by atoms with van der Waals surface area (Å²) in [5.74, 6) is -0.355. The third-order valence-electron chi connectivity index (χ3n) is 5.59. The number of likely N-dealkylation sites (tertiary alicyclic amines) is 1. The second-order valence-corrected chi connectivity index (χ2v) is 7.44. The first kappa shape index (κ1) is 15.7. The van der Waals surface area contributed by atoms with E-state index in [1.165, 1.54) is 0 Å². The van der Waals surface area contributed by atoms with Crippen molar-refractivity contribution in [2.24, 2.45) is 11.3 Å². The summed E-state index contributed by atoms with van der Waals surface area (Å²) in [6.45, 7) is 2.20. The van der Waals surface area contributed by atoms with Crippen LogP contribution in [0.3, 0.4) is 0 Å². The van der Waals surface area contributed by atoms with Crippen molar-refractivity contribution >= 4 is 17.6 Å². The molecule has 0 amide bonds. The Labute approximate surface area is 145 Å². The van der Waals surface area contributed by atoms with E-state index in [2.05, 4.69) is 15.1 Å². The molecule has 2 atom stereocenters. The van der Waals surface area contributed by atoms with Crippen LogP contribution < -0.4 is 0 Å². The Morgan fingerprint density at radius 2 is 2.38 bits per heavy atom. The molecule has 24 heavy (non-hydrogen) atoms. The van der Waals surface area contributed by atoms with Crippen LogP contribution in [0.15, 0.2) is 30.5 Å². The second-order valence-electron chi connectivity index (χ2n) is 7.00. The zero-order chi connectivity index (χ0) is 16.7. The number of aliphatic carboxylic acids is 1. The van der Waals surface area contributed by atoms with Gasteiger partial charge in [0.1, 0.15) is 0 Å². The van der Waals surface area contributed by atoms with E-state index in [1.54, 1.807) is 0 Å². The zero-order valence-corrected chi connectivity index (χ0v) is 14.1. The summed E-state index contributed by atoms with van der Waals surface area (Å²) in [5.41, 5.74) is 2.50. The fourth-order valence-corrected chi connectivity index (χ4v) is 4.62. The van der Waals surface area contributed by atoms with Gasteiger partial charge in [-0.15, -0.1) is 0 Å². The van der Waals surface area contributed by atoms with E-state index in [4.69, 9.17) is 11.6 Å². The molecule has 1 saturated carbocycles. The van der Waals surface area contributed by atoms with Crippen LogP contribution in [-0.4, -0.2) is 39.3 Å². The number of nitrogens with one attached hydrogen (secondary N) is 1. The van der Waals surface area contributed by atoms with Gasteiger partial charge in [-0.25, -0.2) is 0 Å². The van der Waals surface area contributed by atoms with E-state index in [0.717, 1.165) is 42.6 Å². The molecule has 4 rings (SSSR count). The lowest BCUT2D eigenvalue weighted by Crippen LogP contribution is -2.35. The molecule has 1 aromatic carbocycles. The highest BCUT2D eigenvalue weighted by atomic mass is 35.5. The molecule has 0 radical (unpaired) electrons. The van der Waals surface area contributed by atoms with Crippen LogP contribution in [0.2, 0.25) is 5.02 Å². The Bertz CT molecular complexity index is 775. The molecular weight excluding hydrogens is 326 g/mol. The number of fused-ring (bicyclic) bond motifs is 1. The number of hydrogen-bond donors (Lipinski definition) is 2. The highest BCUT2D eigenvalue weighted by Gasteiger charge is 2.54. The van der Waals surface area contributed by atoms with Crippen molar-refractivity contribution in [3.8, 4) is 11.3 Å². The summed E-state index contributed by atoms with van der Waals surface area (Å²) in [6, 6.07) is 7.68. The maximum absolute atomic E-state index is 11.8. The Morgan fingerprint density at radius 3 is 3.12 bits per heavy atom. The standard InChI is InChI=1S/C18H20ClN3O2/c19-15-5-1-3-12(7-15)16-13(8-20-21-16)9-22-10-14-4-2-6-18(14,11-22)17(23)24/h1,3,5,7-8,14H,2,4,6,9-11H2,(H,20,21)(H,23,24)/t14-,18+/m0/s1. The van der Waals surface area contributed by atoms with Gasteiger partial charge in [0, 0.05) is 35.8 Å². The largest absolute Gasteiger partial charge is 0.481 e. The maximum atomic E-state index is 11.8. The second kappa shape index (κ2) is 5.90. The fourth-order valence-electron chi connectivity index (χ4n) is 4.43. The van der Waals surface area contributed by atoms with Crippen LogP contribution in [0, 0.1) is 11.3 Å². The number of nitrogens with zero attached hydrogens (tertiary/aromatic N) is 2. The lowest BCUT2D eigenvalue weighted by atomic mass is 9.81. The molecule has 0 unspecified atom stereocenters. The lowest BCUT2D eigenvalue weighted by Gasteiger charge is -2.23. The minimum Gasteiger partial charge on any atom is -0.481 e. The van der Waals surface area contributed by atoms with Gasteiger partial charge in [-0.05, 0) is 30.9 Å². The molecular formula is C18H20ClN3O2. The molecule has 1 saturated heterocycles. The Hall–Kier alpha value is -1.85. The number of rotatable bonds is 4. The topological polar surface area (TPSA) is 69.2 Å². The number of hydrogen-bond acceptors (Lipinski definition) is 3. The minimum atomic E-state index is -0.630. The zero-order valence-electron chi connectivity index (χ0n) is 13.3. The number of halogens is 1.